The second kappa shape index (κ2) is 5.08. The van der Waals surface area contributed by atoms with Crippen LogP contribution in [0.15, 0.2) is 18.2 Å². The highest BCUT2D eigenvalue weighted by Crippen LogP contribution is 2.32. The number of halogens is 5. The first-order chi connectivity index (χ1) is 10.4. The highest BCUT2D eigenvalue weighted by molar-refractivity contribution is 5.82. The minimum Gasteiger partial charge on any atom is -0.435 e. The van der Waals surface area contributed by atoms with Crippen LogP contribution in [0.1, 0.15) is 11.1 Å². The molecule has 3 rings (SSSR count). The molecule has 0 saturated carbocycles. The molecule has 0 aromatic heterocycles. The van der Waals surface area contributed by atoms with E-state index < -0.39 is 34.8 Å². The Labute approximate surface area is 122 Å². The second-order valence-corrected chi connectivity index (χ2v) is 4.78. The molecular weight excluding hydrogens is 305 g/mol. The van der Waals surface area contributed by atoms with Gasteiger partial charge >= 0.3 is 0 Å². The van der Waals surface area contributed by atoms with Crippen LogP contribution in [0.25, 0.3) is 0 Å². The van der Waals surface area contributed by atoms with E-state index in [1.807, 2.05) is 0 Å². The molecule has 1 aliphatic heterocycles. The lowest BCUT2D eigenvalue weighted by Gasteiger charge is -2.16. The molecule has 0 bridgehead atoms. The van der Waals surface area contributed by atoms with Crippen LogP contribution < -0.4 is 4.74 Å². The van der Waals surface area contributed by atoms with E-state index in [1.54, 1.807) is 25.1 Å². The molecule has 0 N–H and O–H groups in total. The first-order valence-electron chi connectivity index (χ1n) is 6.27. The molecule has 0 fully saturated rings. The zero-order valence-corrected chi connectivity index (χ0v) is 11.3. The van der Waals surface area contributed by atoms with Gasteiger partial charge in [0.2, 0.25) is 29.1 Å². The lowest BCUT2D eigenvalue weighted by molar-refractivity contribution is -0.480. The molecule has 0 saturated heterocycles. The van der Waals surface area contributed by atoms with Crippen molar-refractivity contribution < 1.29 is 31.3 Å². The Hall–Kier alpha value is -2.44. The zero-order chi connectivity index (χ0) is 16.0. The van der Waals surface area contributed by atoms with E-state index in [0.29, 0.717) is 11.3 Å². The van der Waals surface area contributed by atoms with E-state index >= 15 is 0 Å². The highest BCUT2D eigenvalue weighted by Gasteiger charge is 2.34. The summed E-state index contributed by atoms with van der Waals surface area (Å²) in [5.74, 6) is -9.45. The molecule has 0 amide bonds. The molecule has 0 unspecified atom stereocenters. The van der Waals surface area contributed by atoms with Gasteiger partial charge in [-0.2, -0.15) is 13.4 Å². The largest absolute Gasteiger partial charge is 0.435 e. The van der Waals surface area contributed by atoms with E-state index in [4.69, 9.17) is 4.74 Å². The van der Waals surface area contributed by atoms with Gasteiger partial charge < -0.3 is 4.74 Å². The summed E-state index contributed by atoms with van der Waals surface area (Å²) in [6, 6.07) is 5.08. The van der Waals surface area contributed by atoms with Gasteiger partial charge in [0.25, 0.3) is 12.4 Å². The van der Waals surface area contributed by atoms with Crippen LogP contribution in [0.3, 0.4) is 0 Å². The number of hydrogen-bond acceptors (Lipinski definition) is 1. The molecule has 1 aliphatic rings. The van der Waals surface area contributed by atoms with Gasteiger partial charge in [0.1, 0.15) is 5.75 Å². The number of para-hydroxylation sites is 1. The summed E-state index contributed by atoms with van der Waals surface area (Å²) in [5.41, 5.74) is 0.240. The second-order valence-electron chi connectivity index (χ2n) is 4.78. The van der Waals surface area contributed by atoms with Crippen molar-refractivity contribution in [3.8, 4) is 5.75 Å². The number of fused-ring (bicyclic) bond motifs is 1. The van der Waals surface area contributed by atoms with Crippen molar-refractivity contribution in [2.24, 2.45) is 0 Å². The quantitative estimate of drug-likeness (QED) is 0.337. The summed E-state index contributed by atoms with van der Waals surface area (Å²) >= 11 is 0. The fraction of sp³-hybridized carbons (Fsp3) is 0.133. The van der Waals surface area contributed by atoms with Crippen LogP contribution in [0.2, 0.25) is 0 Å². The molecule has 7 heteroatoms. The summed E-state index contributed by atoms with van der Waals surface area (Å²) in [5, 5.41) is 0. The third-order valence-electron chi connectivity index (χ3n) is 3.36. The summed E-state index contributed by atoms with van der Waals surface area (Å²) in [7, 11) is 0. The minimum atomic E-state index is -2.19. The van der Waals surface area contributed by atoms with E-state index in [0.717, 1.165) is 10.1 Å². The molecule has 0 aliphatic carbocycles. The van der Waals surface area contributed by atoms with Crippen molar-refractivity contribution in [1.82, 2.24) is 0 Å². The van der Waals surface area contributed by atoms with E-state index in [1.165, 1.54) is 6.21 Å². The summed E-state index contributed by atoms with van der Waals surface area (Å²) in [6.45, 7) is 1.41. The topological polar surface area (TPSA) is 12.2 Å². The maximum absolute atomic E-state index is 13.8. The van der Waals surface area contributed by atoms with Crippen molar-refractivity contribution >= 4 is 11.9 Å². The molecule has 22 heavy (non-hydrogen) atoms. The van der Waals surface area contributed by atoms with E-state index in [2.05, 4.69) is 0 Å². The lowest BCUT2D eigenvalue weighted by atomic mass is 10.1. The van der Waals surface area contributed by atoms with Crippen LogP contribution in [-0.4, -0.2) is 17.5 Å². The molecule has 2 aromatic carbocycles. The SMILES string of the molecule is Cc1cccc2c1OC[N+](c1c(F)c(F)c(F)c(F)c1F)=C2. The smallest absolute Gasteiger partial charge is 0.292 e. The van der Waals surface area contributed by atoms with Gasteiger partial charge in [-0.3, -0.25) is 0 Å². The summed E-state index contributed by atoms with van der Waals surface area (Å²) in [4.78, 5) is 0. The fourth-order valence-corrected chi connectivity index (χ4v) is 2.29. The Morgan fingerprint density at radius 1 is 0.909 bits per heavy atom. The van der Waals surface area contributed by atoms with Crippen LogP contribution >= 0.6 is 0 Å². The van der Waals surface area contributed by atoms with Gasteiger partial charge in [-0.25, -0.2) is 13.2 Å². The average molecular weight is 314 g/mol. The number of nitrogens with zero attached hydrogens (tertiary/aromatic N) is 1. The van der Waals surface area contributed by atoms with Gasteiger partial charge in [-0.1, -0.05) is 12.1 Å². The van der Waals surface area contributed by atoms with Crippen LogP contribution in [-0.2, 0) is 0 Å². The van der Waals surface area contributed by atoms with E-state index in [9.17, 15) is 22.0 Å². The molecule has 1 heterocycles. The third-order valence-corrected chi connectivity index (χ3v) is 3.36. The van der Waals surface area contributed by atoms with Crippen molar-refractivity contribution in [2.45, 2.75) is 6.92 Å². The number of rotatable bonds is 1. The monoisotopic (exact) mass is 314 g/mol. The van der Waals surface area contributed by atoms with E-state index in [-0.39, 0.29) is 6.73 Å². The van der Waals surface area contributed by atoms with Crippen molar-refractivity contribution in [3.05, 3.63) is 58.4 Å². The molecule has 0 spiro atoms. The van der Waals surface area contributed by atoms with Crippen LogP contribution in [0, 0.1) is 36.0 Å². The Balaban J connectivity index is 2.22. The third kappa shape index (κ3) is 2.04. The highest BCUT2D eigenvalue weighted by atomic mass is 19.2. The van der Waals surface area contributed by atoms with Crippen LogP contribution in [0.5, 0.6) is 5.75 Å². The number of ether oxygens (including phenoxy) is 1. The maximum Gasteiger partial charge on any atom is 0.292 e. The van der Waals surface area contributed by atoms with Gasteiger partial charge in [0, 0.05) is 0 Å². The average Bonchev–Trinajstić information content (AvgIpc) is 2.51. The minimum absolute atomic E-state index is 0.365. The summed E-state index contributed by atoms with van der Waals surface area (Å²) in [6.07, 6.45) is 1.28. The predicted octanol–water partition coefficient (Wildman–Crippen LogP) is 3.80. The Morgan fingerprint density at radius 2 is 1.50 bits per heavy atom. The standard InChI is InChI=1S/C15H9F5NO/c1-7-3-2-4-8-5-21(6-22-15(7)8)14-12(19)10(17)9(16)11(18)13(14)20/h2-5H,6H2,1H3/q+1. The molecule has 2 aromatic rings. The first kappa shape index (κ1) is 14.5. The zero-order valence-electron chi connectivity index (χ0n) is 11.3. The Kier molecular flexibility index (Phi) is 3.35. The maximum atomic E-state index is 13.8. The van der Waals surface area contributed by atoms with Gasteiger partial charge in [-0.15, -0.1) is 0 Å². The molecular formula is C15H9F5NO+. The van der Waals surface area contributed by atoms with Crippen molar-refractivity contribution in [3.63, 3.8) is 0 Å². The van der Waals surface area contributed by atoms with Crippen LogP contribution in [0.4, 0.5) is 27.6 Å². The van der Waals surface area contributed by atoms with Gasteiger partial charge in [0.15, 0.2) is 6.21 Å². The molecule has 0 radical (unpaired) electrons. The lowest BCUT2D eigenvalue weighted by Crippen LogP contribution is -2.24. The molecule has 0 atom stereocenters. The number of aryl methyl sites for hydroxylation is 1. The normalized spacial score (nSPS) is 13.5. The summed E-state index contributed by atoms with van der Waals surface area (Å²) < 4.78 is 73.4. The predicted molar refractivity (Wildman–Crippen MR) is 68.0 cm³/mol. The number of benzene rings is 2. The number of hydrogen-bond donors (Lipinski definition) is 0. The first-order valence-corrected chi connectivity index (χ1v) is 6.27. The van der Waals surface area contributed by atoms with Crippen molar-refractivity contribution in [2.75, 3.05) is 6.73 Å². The molecule has 2 nitrogen and oxygen atoms in total. The Bertz CT molecular complexity index is 787. The van der Waals surface area contributed by atoms with Gasteiger partial charge in [0.05, 0.1) is 5.56 Å². The van der Waals surface area contributed by atoms with Crippen molar-refractivity contribution in [1.29, 1.82) is 0 Å². The fourth-order valence-electron chi connectivity index (χ4n) is 2.29. The Morgan fingerprint density at radius 3 is 2.14 bits per heavy atom. The van der Waals surface area contributed by atoms with Gasteiger partial charge in [-0.05, 0) is 18.6 Å². The molecule has 114 valence electrons.